The summed E-state index contributed by atoms with van der Waals surface area (Å²) in [6.45, 7) is 8.66. The summed E-state index contributed by atoms with van der Waals surface area (Å²) in [4.78, 5) is 2.61. The molecule has 1 aliphatic heterocycles. The van der Waals surface area contributed by atoms with Crippen LogP contribution in [0.1, 0.15) is 78.0 Å². The molecule has 0 N–H and O–H groups in total. The third-order valence-corrected chi connectivity index (χ3v) is 8.72. The standard InChI is InChI=1S/C39H39N/c1-27-11-18-33(19-12-27)29(3)7-5-8-31-15-22-35(23-16-31)40-38-10-6-9-36(38)37-26-32(17-24-39(37)40)25-30(4)34-20-13-28(2)14-21-34/h5,7-8,11-26,36,38H,6,9-10H2,1-4H3. The Morgan fingerprint density at radius 2 is 1.32 bits per heavy atom. The fourth-order valence-electron chi connectivity index (χ4n) is 6.41. The maximum atomic E-state index is 2.61. The minimum Gasteiger partial charge on any atom is -0.338 e. The second-order valence-electron chi connectivity index (χ2n) is 11.7. The second kappa shape index (κ2) is 11.2. The van der Waals surface area contributed by atoms with Crippen LogP contribution in [0.15, 0.2) is 103 Å². The average molecular weight is 522 g/mol. The highest BCUT2D eigenvalue weighted by Crippen LogP contribution is 2.52. The van der Waals surface area contributed by atoms with Gasteiger partial charge >= 0.3 is 0 Å². The molecular formula is C39H39N. The van der Waals surface area contributed by atoms with Crippen molar-refractivity contribution in [2.75, 3.05) is 4.90 Å². The van der Waals surface area contributed by atoms with Crippen molar-refractivity contribution in [2.45, 2.75) is 58.9 Å². The van der Waals surface area contributed by atoms with Gasteiger partial charge in [-0.15, -0.1) is 0 Å². The van der Waals surface area contributed by atoms with Gasteiger partial charge in [0.25, 0.3) is 0 Å². The summed E-state index contributed by atoms with van der Waals surface area (Å²) in [6.07, 6.45) is 12.8. The Labute approximate surface area is 240 Å². The fraction of sp³-hybridized carbons (Fsp3) is 0.231. The molecule has 1 aliphatic carbocycles. The van der Waals surface area contributed by atoms with Crippen molar-refractivity contribution in [3.8, 4) is 0 Å². The molecule has 0 aromatic heterocycles. The number of anilines is 2. The zero-order chi connectivity index (χ0) is 27.6. The third kappa shape index (κ3) is 5.34. The lowest BCUT2D eigenvalue weighted by molar-refractivity contribution is 0.642. The van der Waals surface area contributed by atoms with Gasteiger partial charge in [-0.2, -0.15) is 0 Å². The number of nitrogens with zero attached hydrogens (tertiary/aromatic N) is 1. The van der Waals surface area contributed by atoms with Gasteiger partial charge in [-0.1, -0.05) is 109 Å². The van der Waals surface area contributed by atoms with Crippen LogP contribution < -0.4 is 4.90 Å². The molecule has 4 aromatic carbocycles. The second-order valence-corrected chi connectivity index (χ2v) is 11.7. The Hall–Kier alpha value is -4.10. The Morgan fingerprint density at radius 3 is 2.00 bits per heavy atom. The van der Waals surface area contributed by atoms with Crippen LogP contribution in [-0.4, -0.2) is 6.04 Å². The quantitative estimate of drug-likeness (QED) is 0.180. The van der Waals surface area contributed by atoms with Crippen LogP contribution in [0.4, 0.5) is 11.4 Å². The van der Waals surface area contributed by atoms with Crippen LogP contribution in [0.3, 0.4) is 0 Å². The van der Waals surface area contributed by atoms with Crippen LogP contribution in [0.5, 0.6) is 0 Å². The van der Waals surface area contributed by atoms with Gasteiger partial charge in [0.15, 0.2) is 0 Å². The number of hydrogen-bond acceptors (Lipinski definition) is 1. The van der Waals surface area contributed by atoms with E-state index in [4.69, 9.17) is 0 Å². The van der Waals surface area contributed by atoms with Crippen molar-refractivity contribution in [2.24, 2.45) is 0 Å². The SMILES string of the molecule is CC(=CC=Cc1ccc(N2c3ccc(C=C(C)c4ccc(C)cc4)cc3C3CCCC32)cc1)c1ccc(C)cc1. The largest absolute Gasteiger partial charge is 0.338 e. The molecule has 2 unspecified atom stereocenters. The van der Waals surface area contributed by atoms with Gasteiger partial charge in [0.2, 0.25) is 0 Å². The van der Waals surface area contributed by atoms with E-state index in [9.17, 15) is 0 Å². The molecule has 0 bridgehead atoms. The molecule has 2 aliphatic rings. The first kappa shape index (κ1) is 26.1. The van der Waals surface area contributed by atoms with Crippen LogP contribution in [-0.2, 0) is 0 Å². The zero-order valence-electron chi connectivity index (χ0n) is 24.2. The lowest BCUT2D eigenvalue weighted by atomic mass is 9.95. The van der Waals surface area contributed by atoms with Crippen molar-refractivity contribution in [1.82, 2.24) is 0 Å². The topological polar surface area (TPSA) is 3.24 Å². The molecular weight excluding hydrogens is 482 g/mol. The molecule has 1 nitrogen and oxygen atoms in total. The Balaban J connectivity index is 1.22. The Bertz CT molecular complexity index is 1580. The Morgan fingerprint density at radius 1 is 0.700 bits per heavy atom. The molecule has 200 valence electrons. The minimum atomic E-state index is 0.564. The van der Waals surface area contributed by atoms with Crippen molar-refractivity contribution < 1.29 is 0 Å². The number of benzene rings is 4. The summed E-state index contributed by atoms with van der Waals surface area (Å²) >= 11 is 0. The van der Waals surface area contributed by atoms with E-state index in [0.717, 1.165) is 0 Å². The van der Waals surface area contributed by atoms with E-state index in [-0.39, 0.29) is 0 Å². The molecule has 4 aromatic rings. The predicted molar refractivity (Wildman–Crippen MR) is 174 cm³/mol. The van der Waals surface area contributed by atoms with E-state index in [1.54, 1.807) is 0 Å². The maximum Gasteiger partial charge on any atom is 0.0450 e. The number of rotatable bonds is 6. The van der Waals surface area contributed by atoms with E-state index >= 15 is 0 Å². The van der Waals surface area contributed by atoms with E-state index in [2.05, 4.69) is 148 Å². The molecule has 40 heavy (non-hydrogen) atoms. The van der Waals surface area contributed by atoms with Crippen molar-refractivity contribution in [3.63, 3.8) is 0 Å². The number of hydrogen-bond donors (Lipinski definition) is 0. The van der Waals surface area contributed by atoms with Gasteiger partial charge in [-0.3, -0.25) is 0 Å². The molecule has 2 atom stereocenters. The van der Waals surface area contributed by atoms with Crippen molar-refractivity contribution in [1.29, 1.82) is 0 Å². The molecule has 0 radical (unpaired) electrons. The predicted octanol–water partition coefficient (Wildman–Crippen LogP) is 10.8. The molecule has 1 fully saturated rings. The van der Waals surface area contributed by atoms with Crippen LogP contribution in [0.2, 0.25) is 0 Å². The molecule has 1 heteroatoms. The molecule has 1 heterocycles. The summed E-state index contributed by atoms with van der Waals surface area (Å²) < 4.78 is 0. The molecule has 6 rings (SSSR count). The highest BCUT2D eigenvalue weighted by Gasteiger charge is 2.42. The van der Waals surface area contributed by atoms with Gasteiger partial charge in [-0.05, 0) is 104 Å². The first-order chi connectivity index (χ1) is 19.5. The van der Waals surface area contributed by atoms with Crippen molar-refractivity contribution >= 4 is 34.7 Å². The van der Waals surface area contributed by atoms with Crippen molar-refractivity contribution in [3.05, 3.63) is 142 Å². The average Bonchev–Trinajstić information content (AvgIpc) is 3.55. The summed E-state index contributed by atoms with van der Waals surface area (Å²) in [5.41, 5.74) is 14.5. The van der Waals surface area contributed by atoms with Crippen LogP contribution in [0, 0.1) is 13.8 Å². The molecule has 1 saturated carbocycles. The minimum absolute atomic E-state index is 0.564. The number of aryl methyl sites for hydroxylation is 2. The van der Waals surface area contributed by atoms with E-state index < -0.39 is 0 Å². The lowest BCUT2D eigenvalue weighted by Gasteiger charge is -2.27. The van der Waals surface area contributed by atoms with Gasteiger partial charge in [0.1, 0.15) is 0 Å². The first-order valence-electron chi connectivity index (χ1n) is 14.7. The normalized spacial score (nSPS) is 18.9. The smallest absolute Gasteiger partial charge is 0.0450 e. The molecule has 0 saturated heterocycles. The van der Waals surface area contributed by atoms with Gasteiger partial charge in [-0.25, -0.2) is 0 Å². The van der Waals surface area contributed by atoms with Crippen LogP contribution >= 0.6 is 0 Å². The van der Waals surface area contributed by atoms with E-state index in [1.165, 1.54) is 80.7 Å². The fourth-order valence-corrected chi connectivity index (χ4v) is 6.41. The maximum absolute atomic E-state index is 2.61. The van der Waals surface area contributed by atoms with E-state index in [0.29, 0.717) is 12.0 Å². The highest BCUT2D eigenvalue weighted by atomic mass is 15.2. The van der Waals surface area contributed by atoms with Gasteiger partial charge in [0, 0.05) is 23.3 Å². The summed E-state index contributed by atoms with van der Waals surface area (Å²) in [7, 11) is 0. The summed E-state index contributed by atoms with van der Waals surface area (Å²) in [6, 6.07) is 34.4. The van der Waals surface area contributed by atoms with Gasteiger partial charge in [0.05, 0.1) is 0 Å². The van der Waals surface area contributed by atoms with Gasteiger partial charge < -0.3 is 4.90 Å². The van der Waals surface area contributed by atoms with E-state index in [1.807, 2.05) is 0 Å². The monoisotopic (exact) mass is 521 g/mol. The molecule has 0 spiro atoms. The van der Waals surface area contributed by atoms with Crippen LogP contribution in [0.25, 0.3) is 23.3 Å². The number of allylic oxidation sites excluding steroid dienone is 4. The Kier molecular flexibility index (Phi) is 7.30. The third-order valence-electron chi connectivity index (χ3n) is 8.72. The number of fused-ring (bicyclic) bond motifs is 3. The zero-order valence-corrected chi connectivity index (χ0v) is 24.2. The summed E-state index contributed by atoms with van der Waals surface area (Å²) in [5, 5.41) is 0. The molecule has 0 amide bonds. The first-order valence-corrected chi connectivity index (χ1v) is 14.7. The lowest BCUT2D eigenvalue weighted by Crippen LogP contribution is -2.26. The highest BCUT2D eigenvalue weighted by molar-refractivity contribution is 5.82. The summed E-state index contributed by atoms with van der Waals surface area (Å²) in [5.74, 6) is 0.623.